The van der Waals surface area contributed by atoms with E-state index in [0.717, 1.165) is 5.92 Å². The highest BCUT2D eigenvalue weighted by molar-refractivity contribution is 4.97. The molecule has 0 aromatic heterocycles. The lowest BCUT2D eigenvalue weighted by Crippen LogP contribution is -2.55. The van der Waals surface area contributed by atoms with Gasteiger partial charge in [0.1, 0.15) is 0 Å². The third-order valence-corrected chi connectivity index (χ3v) is 4.50. The smallest absolute Gasteiger partial charge is 0.0208 e. The van der Waals surface area contributed by atoms with Crippen LogP contribution in [0.3, 0.4) is 0 Å². The first kappa shape index (κ1) is 11.0. The molecular formula is C12H25N. The minimum absolute atomic E-state index is 0.117. The minimum atomic E-state index is 0.117. The summed E-state index contributed by atoms with van der Waals surface area (Å²) in [4.78, 5) is 0. The van der Waals surface area contributed by atoms with Crippen LogP contribution in [0.4, 0.5) is 0 Å². The molecule has 0 saturated heterocycles. The lowest BCUT2D eigenvalue weighted by molar-refractivity contribution is 0.0905. The Kier molecular flexibility index (Phi) is 3.39. The molecule has 0 aromatic rings. The highest BCUT2D eigenvalue weighted by Crippen LogP contribution is 2.41. The van der Waals surface area contributed by atoms with Crippen LogP contribution < -0.4 is 5.73 Å². The first-order chi connectivity index (χ1) is 6.02. The van der Waals surface area contributed by atoms with Crippen molar-refractivity contribution < 1.29 is 0 Å². The Labute approximate surface area is 83.1 Å². The topological polar surface area (TPSA) is 26.0 Å². The summed E-state index contributed by atoms with van der Waals surface area (Å²) in [5.74, 6) is 2.18. The fourth-order valence-corrected chi connectivity index (χ4v) is 2.81. The van der Waals surface area contributed by atoms with Crippen molar-refractivity contribution in [2.75, 3.05) is 0 Å². The van der Waals surface area contributed by atoms with E-state index in [-0.39, 0.29) is 5.54 Å². The fourth-order valence-electron chi connectivity index (χ4n) is 2.81. The molecule has 78 valence electrons. The van der Waals surface area contributed by atoms with Crippen LogP contribution >= 0.6 is 0 Å². The zero-order valence-corrected chi connectivity index (χ0v) is 9.64. The van der Waals surface area contributed by atoms with Gasteiger partial charge in [-0.05, 0) is 24.2 Å². The molecule has 2 N–H and O–H groups in total. The van der Waals surface area contributed by atoms with Crippen molar-refractivity contribution in [3.05, 3.63) is 0 Å². The van der Waals surface area contributed by atoms with E-state index in [1.54, 1.807) is 0 Å². The van der Waals surface area contributed by atoms with E-state index in [0.29, 0.717) is 11.8 Å². The number of nitrogens with two attached hydrogens (primary N) is 1. The predicted octanol–water partition coefficient (Wildman–Crippen LogP) is 3.19. The standard InChI is InChI=1S/C12H25N/c1-5-10(3)12(13)8-6-7-9(2)11(12)4/h9-11H,5-8,13H2,1-4H3. The van der Waals surface area contributed by atoms with Crippen LogP contribution in [0.25, 0.3) is 0 Å². The maximum Gasteiger partial charge on any atom is 0.0208 e. The summed E-state index contributed by atoms with van der Waals surface area (Å²) in [5.41, 5.74) is 6.66. The molecule has 4 atom stereocenters. The Hall–Kier alpha value is -0.0400. The lowest BCUT2D eigenvalue weighted by Gasteiger charge is -2.47. The number of hydrogen-bond acceptors (Lipinski definition) is 1. The van der Waals surface area contributed by atoms with Crippen LogP contribution in [0, 0.1) is 17.8 Å². The second-order valence-corrected chi connectivity index (χ2v) is 5.08. The van der Waals surface area contributed by atoms with E-state index in [9.17, 15) is 0 Å². The molecule has 1 fully saturated rings. The van der Waals surface area contributed by atoms with Crippen LogP contribution in [0.15, 0.2) is 0 Å². The third-order valence-electron chi connectivity index (χ3n) is 4.50. The van der Waals surface area contributed by atoms with E-state index >= 15 is 0 Å². The van der Waals surface area contributed by atoms with Gasteiger partial charge in [0.2, 0.25) is 0 Å². The minimum Gasteiger partial charge on any atom is -0.325 e. The Morgan fingerprint density at radius 2 is 2.08 bits per heavy atom. The summed E-state index contributed by atoms with van der Waals surface area (Å²) in [6.45, 7) is 9.27. The van der Waals surface area contributed by atoms with Crippen molar-refractivity contribution in [1.82, 2.24) is 0 Å². The number of rotatable bonds is 2. The molecule has 0 radical (unpaired) electrons. The van der Waals surface area contributed by atoms with Crippen molar-refractivity contribution in [1.29, 1.82) is 0 Å². The molecule has 1 heteroatoms. The van der Waals surface area contributed by atoms with Gasteiger partial charge >= 0.3 is 0 Å². The van der Waals surface area contributed by atoms with Crippen molar-refractivity contribution >= 4 is 0 Å². The largest absolute Gasteiger partial charge is 0.325 e. The zero-order valence-electron chi connectivity index (χ0n) is 9.64. The normalized spacial score (nSPS) is 43.2. The van der Waals surface area contributed by atoms with Crippen molar-refractivity contribution in [3.8, 4) is 0 Å². The molecule has 1 aliphatic rings. The van der Waals surface area contributed by atoms with Gasteiger partial charge in [0, 0.05) is 5.54 Å². The van der Waals surface area contributed by atoms with Crippen LogP contribution in [-0.2, 0) is 0 Å². The van der Waals surface area contributed by atoms with E-state index in [1.807, 2.05) is 0 Å². The molecule has 1 nitrogen and oxygen atoms in total. The molecule has 0 spiro atoms. The molecule has 1 aliphatic carbocycles. The van der Waals surface area contributed by atoms with E-state index in [2.05, 4.69) is 27.7 Å². The molecular weight excluding hydrogens is 158 g/mol. The van der Waals surface area contributed by atoms with E-state index in [4.69, 9.17) is 5.73 Å². The van der Waals surface area contributed by atoms with Gasteiger partial charge in [-0.1, -0.05) is 47.0 Å². The Balaban J connectivity index is 2.74. The van der Waals surface area contributed by atoms with Crippen LogP contribution in [0.5, 0.6) is 0 Å². The molecule has 13 heavy (non-hydrogen) atoms. The lowest BCUT2D eigenvalue weighted by atomic mass is 9.63. The van der Waals surface area contributed by atoms with Gasteiger partial charge in [-0.15, -0.1) is 0 Å². The van der Waals surface area contributed by atoms with Crippen molar-refractivity contribution in [3.63, 3.8) is 0 Å². The van der Waals surface area contributed by atoms with Crippen molar-refractivity contribution in [2.24, 2.45) is 23.5 Å². The zero-order chi connectivity index (χ0) is 10.1. The predicted molar refractivity (Wildman–Crippen MR) is 58.6 cm³/mol. The first-order valence-electron chi connectivity index (χ1n) is 5.81. The highest BCUT2D eigenvalue weighted by Gasteiger charge is 2.41. The molecule has 0 heterocycles. The summed E-state index contributed by atoms with van der Waals surface area (Å²) in [5, 5.41) is 0. The van der Waals surface area contributed by atoms with Crippen LogP contribution in [-0.4, -0.2) is 5.54 Å². The van der Waals surface area contributed by atoms with E-state index < -0.39 is 0 Å². The summed E-state index contributed by atoms with van der Waals surface area (Å²) in [6, 6.07) is 0. The summed E-state index contributed by atoms with van der Waals surface area (Å²) < 4.78 is 0. The van der Waals surface area contributed by atoms with Crippen LogP contribution in [0.2, 0.25) is 0 Å². The van der Waals surface area contributed by atoms with Gasteiger partial charge in [-0.3, -0.25) is 0 Å². The third kappa shape index (κ3) is 1.90. The molecule has 0 aliphatic heterocycles. The molecule has 0 bridgehead atoms. The maximum absolute atomic E-state index is 6.55. The average Bonchev–Trinajstić information content (AvgIpc) is 2.13. The second kappa shape index (κ2) is 4.00. The molecule has 1 rings (SSSR count). The fraction of sp³-hybridized carbons (Fsp3) is 1.00. The Bertz CT molecular complexity index is 167. The van der Waals surface area contributed by atoms with Crippen LogP contribution in [0.1, 0.15) is 53.4 Å². The highest BCUT2D eigenvalue weighted by atomic mass is 14.8. The van der Waals surface area contributed by atoms with Crippen molar-refractivity contribution in [2.45, 2.75) is 58.9 Å². The van der Waals surface area contributed by atoms with Gasteiger partial charge < -0.3 is 5.73 Å². The van der Waals surface area contributed by atoms with Gasteiger partial charge in [-0.2, -0.15) is 0 Å². The van der Waals surface area contributed by atoms with Gasteiger partial charge in [-0.25, -0.2) is 0 Å². The quantitative estimate of drug-likeness (QED) is 0.699. The summed E-state index contributed by atoms with van der Waals surface area (Å²) in [7, 11) is 0. The molecule has 1 saturated carbocycles. The summed E-state index contributed by atoms with van der Waals surface area (Å²) >= 11 is 0. The molecule has 0 amide bonds. The average molecular weight is 183 g/mol. The monoisotopic (exact) mass is 183 g/mol. The number of hydrogen-bond donors (Lipinski definition) is 1. The maximum atomic E-state index is 6.55. The van der Waals surface area contributed by atoms with Gasteiger partial charge in [0.25, 0.3) is 0 Å². The van der Waals surface area contributed by atoms with E-state index in [1.165, 1.54) is 25.7 Å². The summed E-state index contributed by atoms with van der Waals surface area (Å²) in [6.07, 6.45) is 5.14. The SMILES string of the molecule is CCC(C)C1(N)CCCC(C)C1C. The first-order valence-corrected chi connectivity index (χ1v) is 5.81. The second-order valence-electron chi connectivity index (χ2n) is 5.08. The Morgan fingerprint density at radius 1 is 1.46 bits per heavy atom. The molecule has 0 aromatic carbocycles. The van der Waals surface area contributed by atoms with Gasteiger partial charge in [0.15, 0.2) is 0 Å². The molecule has 4 unspecified atom stereocenters. The van der Waals surface area contributed by atoms with Gasteiger partial charge in [0.05, 0.1) is 0 Å². The Morgan fingerprint density at radius 3 is 2.62 bits per heavy atom.